The molecule has 1 heterocycles. The number of rotatable bonds is 20. The third-order valence-electron chi connectivity index (χ3n) is 5.73. The zero-order chi connectivity index (χ0) is 22.6. The average Bonchev–Trinajstić information content (AvgIpc) is 2.76. The van der Waals surface area contributed by atoms with E-state index in [4.69, 9.17) is 14.3 Å². The second kappa shape index (κ2) is 18.9. The second-order valence-corrected chi connectivity index (χ2v) is 8.66. The van der Waals surface area contributed by atoms with E-state index in [0.717, 1.165) is 31.6 Å². The molecule has 0 saturated carbocycles. The highest BCUT2D eigenvalue weighted by Gasteiger charge is 2.06. The van der Waals surface area contributed by atoms with Gasteiger partial charge in [-0.15, -0.1) is 0 Å². The predicted molar refractivity (Wildman–Crippen MR) is 125 cm³/mol. The van der Waals surface area contributed by atoms with Gasteiger partial charge in [-0.1, -0.05) is 110 Å². The van der Waals surface area contributed by atoms with Gasteiger partial charge in [0.05, 0.1) is 0 Å². The Hall–Kier alpha value is -1.78. The molecule has 0 saturated heterocycles. The zero-order valence-corrected chi connectivity index (χ0v) is 19.7. The maximum Gasteiger partial charge on any atom is 0.306 e. The van der Waals surface area contributed by atoms with Crippen LogP contribution in [0.15, 0.2) is 21.5 Å². The van der Waals surface area contributed by atoms with Crippen LogP contribution in [0, 0.1) is 0 Å². The van der Waals surface area contributed by atoms with Crippen LogP contribution in [0.3, 0.4) is 0 Å². The molecule has 31 heavy (non-hydrogen) atoms. The van der Waals surface area contributed by atoms with E-state index in [9.17, 15) is 9.59 Å². The van der Waals surface area contributed by atoms with Gasteiger partial charge in [0, 0.05) is 12.5 Å². The molecule has 0 fully saturated rings. The Bertz CT molecular complexity index is 622. The van der Waals surface area contributed by atoms with Crippen LogP contribution in [-0.2, 0) is 16.1 Å². The summed E-state index contributed by atoms with van der Waals surface area (Å²) in [6.45, 7) is 2.19. The van der Waals surface area contributed by atoms with Gasteiger partial charge in [-0.25, -0.2) is 0 Å². The molecular weight excluding hydrogens is 392 g/mol. The number of ether oxygens (including phenoxy) is 1. The quantitative estimate of drug-likeness (QED) is 0.170. The van der Waals surface area contributed by atoms with Gasteiger partial charge in [-0.3, -0.25) is 9.59 Å². The minimum absolute atomic E-state index is 0.0761. The van der Waals surface area contributed by atoms with E-state index < -0.39 is 11.2 Å². The van der Waals surface area contributed by atoms with Crippen molar-refractivity contribution in [2.24, 2.45) is 0 Å². The lowest BCUT2D eigenvalue weighted by atomic mass is 10.0. The standard InChI is InChI=1S/C26H44O5/c1-2-3-4-5-6-7-8-9-10-11-12-13-14-15-16-17-18-19-26(29)31-21-23-20-24(27)25(28)22-30-23/h20,22,28H,2-19,21H2,1H3. The summed E-state index contributed by atoms with van der Waals surface area (Å²) in [6.07, 6.45) is 23.6. The van der Waals surface area contributed by atoms with Gasteiger partial charge in [0.1, 0.15) is 18.6 Å². The highest BCUT2D eigenvalue weighted by atomic mass is 16.5. The lowest BCUT2D eigenvalue weighted by Crippen LogP contribution is -2.06. The third kappa shape index (κ3) is 15.6. The van der Waals surface area contributed by atoms with E-state index in [2.05, 4.69) is 6.92 Å². The largest absolute Gasteiger partial charge is 0.502 e. The Balaban J connectivity index is 1.81. The number of aromatic hydroxyl groups is 1. The summed E-state index contributed by atoms with van der Waals surface area (Å²) in [5.41, 5.74) is -0.537. The fourth-order valence-corrected chi connectivity index (χ4v) is 3.74. The molecule has 178 valence electrons. The van der Waals surface area contributed by atoms with Crippen LogP contribution < -0.4 is 5.43 Å². The monoisotopic (exact) mass is 436 g/mol. The Morgan fingerprint density at radius 2 is 1.26 bits per heavy atom. The molecule has 0 aromatic carbocycles. The minimum atomic E-state index is -0.537. The number of esters is 1. The van der Waals surface area contributed by atoms with Crippen LogP contribution in [0.2, 0.25) is 0 Å². The predicted octanol–water partition coefficient (Wildman–Crippen LogP) is 7.43. The highest BCUT2D eigenvalue weighted by molar-refractivity contribution is 5.69. The van der Waals surface area contributed by atoms with Crippen molar-refractivity contribution >= 4 is 5.97 Å². The van der Waals surface area contributed by atoms with Crippen molar-refractivity contribution < 1.29 is 19.1 Å². The van der Waals surface area contributed by atoms with Crippen molar-refractivity contribution in [3.63, 3.8) is 0 Å². The summed E-state index contributed by atoms with van der Waals surface area (Å²) in [5.74, 6) is -0.492. The van der Waals surface area contributed by atoms with E-state index in [1.165, 1.54) is 89.9 Å². The molecular formula is C26H44O5. The first-order valence-corrected chi connectivity index (χ1v) is 12.6. The van der Waals surface area contributed by atoms with Crippen LogP contribution >= 0.6 is 0 Å². The summed E-state index contributed by atoms with van der Waals surface area (Å²) in [5, 5.41) is 9.12. The summed E-state index contributed by atoms with van der Waals surface area (Å²) in [4.78, 5) is 23.0. The van der Waals surface area contributed by atoms with Crippen molar-refractivity contribution in [2.45, 2.75) is 129 Å². The lowest BCUT2D eigenvalue weighted by molar-refractivity contribution is -0.145. The van der Waals surface area contributed by atoms with Gasteiger partial charge >= 0.3 is 5.97 Å². The highest BCUT2D eigenvalue weighted by Crippen LogP contribution is 2.14. The summed E-state index contributed by atoms with van der Waals surface area (Å²) < 4.78 is 10.1. The van der Waals surface area contributed by atoms with Crippen LogP contribution in [0.25, 0.3) is 0 Å². The van der Waals surface area contributed by atoms with E-state index in [-0.39, 0.29) is 18.3 Å². The Kier molecular flexibility index (Phi) is 16.7. The van der Waals surface area contributed by atoms with Crippen molar-refractivity contribution in [1.82, 2.24) is 0 Å². The molecule has 5 heteroatoms. The van der Waals surface area contributed by atoms with Gasteiger partial charge in [0.15, 0.2) is 5.75 Å². The third-order valence-corrected chi connectivity index (χ3v) is 5.73. The molecule has 0 spiro atoms. The van der Waals surface area contributed by atoms with E-state index in [1.807, 2.05) is 0 Å². The average molecular weight is 437 g/mol. The Labute approximate surface area is 188 Å². The van der Waals surface area contributed by atoms with Crippen LogP contribution in [0.1, 0.15) is 128 Å². The number of hydrogen-bond donors (Lipinski definition) is 1. The van der Waals surface area contributed by atoms with Gasteiger partial charge in [-0.05, 0) is 6.42 Å². The number of hydrogen-bond acceptors (Lipinski definition) is 5. The van der Waals surface area contributed by atoms with E-state index in [1.54, 1.807) is 0 Å². The number of carbonyl (C=O) groups is 1. The first-order valence-electron chi connectivity index (χ1n) is 12.6. The van der Waals surface area contributed by atoms with Gasteiger partial charge < -0.3 is 14.3 Å². The summed E-state index contributed by atoms with van der Waals surface area (Å²) >= 11 is 0. The van der Waals surface area contributed by atoms with Crippen LogP contribution in [0.4, 0.5) is 0 Å². The number of unbranched alkanes of at least 4 members (excludes halogenated alkanes) is 16. The molecule has 0 bridgehead atoms. The van der Waals surface area contributed by atoms with E-state index >= 15 is 0 Å². The summed E-state index contributed by atoms with van der Waals surface area (Å²) in [7, 11) is 0. The first kappa shape index (κ1) is 27.3. The molecule has 0 atom stereocenters. The molecule has 0 unspecified atom stereocenters. The fraction of sp³-hybridized carbons (Fsp3) is 0.769. The lowest BCUT2D eigenvalue weighted by Gasteiger charge is -2.05. The zero-order valence-electron chi connectivity index (χ0n) is 19.7. The SMILES string of the molecule is CCCCCCCCCCCCCCCCCCCC(=O)OCc1cc(=O)c(O)co1. The van der Waals surface area contributed by atoms with Crippen molar-refractivity contribution in [2.75, 3.05) is 0 Å². The fourth-order valence-electron chi connectivity index (χ4n) is 3.74. The molecule has 5 nitrogen and oxygen atoms in total. The Morgan fingerprint density at radius 1 is 0.806 bits per heavy atom. The number of carbonyl (C=O) groups excluding carboxylic acids is 1. The van der Waals surface area contributed by atoms with Crippen LogP contribution in [-0.4, -0.2) is 11.1 Å². The first-order chi connectivity index (χ1) is 15.1. The van der Waals surface area contributed by atoms with Crippen LogP contribution in [0.5, 0.6) is 5.75 Å². The normalized spacial score (nSPS) is 11.0. The smallest absolute Gasteiger partial charge is 0.306 e. The molecule has 1 N–H and O–H groups in total. The molecule has 0 radical (unpaired) electrons. The molecule has 0 aliphatic carbocycles. The molecule has 1 aromatic heterocycles. The van der Waals surface area contributed by atoms with Gasteiger partial charge in [-0.2, -0.15) is 0 Å². The molecule has 1 aromatic rings. The maximum atomic E-state index is 11.7. The molecule has 1 rings (SSSR count). The Morgan fingerprint density at radius 3 is 1.71 bits per heavy atom. The van der Waals surface area contributed by atoms with Crippen molar-refractivity contribution in [3.8, 4) is 5.75 Å². The van der Waals surface area contributed by atoms with Crippen molar-refractivity contribution in [3.05, 3.63) is 28.3 Å². The van der Waals surface area contributed by atoms with E-state index in [0.29, 0.717) is 6.42 Å². The summed E-state index contributed by atoms with van der Waals surface area (Å²) in [6, 6.07) is 1.14. The van der Waals surface area contributed by atoms with Crippen molar-refractivity contribution in [1.29, 1.82) is 0 Å². The second-order valence-electron chi connectivity index (χ2n) is 8.66. The minimum Gasteiger partial charge on any atom is -0.502 e. The topological polar surface area (TPSA) is 76.7 Å². The molecule has 0 aliphatic rings. The molecule has 0 aliphatic heterocycles. The molecule has 0 amide bonds. The maximum absolute atomic E-state index is 11.7. The van der Waals surface area contributed by atoms with Gasteiger partial charge in [0.2, 0.25) is 5.43 Å². The van der Waals surface area contributed by atoms with Gasteiger partial charge in [0.25, 0.3) is 0 Å².